The number of fused-ring (bicyclic) bond motifs is 1. The predicted molar refractivity (Wildman–Crippen MR) is 104 cm³/mol. The van der Waals surface area contributed by atoms with E-state index in [4.69, 9.17) is 12.2 Å². The number of aromatic nitrogens is 1. The van der Waals surface area contributed by atoms with Crippen LogP contribution in [0.5, 0.6) is 0 Å². The molecule has 22 heavy (non-hydrogen) atoms. The van der Waals surface area contributed by atoms with E-state index in [2.05, 4.69) is 53.0 Å². The molecule has 4 nitrogen and oxygen atoms in total. The number of rotatable bonds is 3. The van der Waals surface area contributed by atoms with Crippen molar-refractivity contribution in [3.63, 3.8) is 0 Å². The van der Waals surface area contributed by atoms with Crippen LogP contribution in [0.4, 0.5) is 10.8 Å². The number of hydrogen-bond acceptors (Lipinski definition) is 4. The maximum Gasteiger partial charge on any atom is 0.202 e. The molecule has 0 aliphatic heterocycles. The zero-order chi connectivity index (χ0) is 15.5. The van der Waals surface area contributed by atoms with Crippen molar-refractivity contribution in [2.24, 2.45) is 0 Å². The molecule has 0 aliphatic rings. The Hall–Kier alpha value is -1.22. The van der Waals surface area contributed by atoms with Crippen LogP contribution < -0.4 is 16.2 Å². The second-order valence-electron chi connectivity index (χ2n) is 4.34. The van der Waals surface area contributed by atoms with Crippen LogP contribution >= 0.6 is 55.4 Å². The van der Waals surface area contributed by atoms with E-state index >= 15 is 0 Å². The number of thiocarbonyl (C=S) groups is 1. The third-order valence-corrected chi connectivity index (χ3v) is 4.90. The van der Waals surface area contributed by atoms with Crippen molar-refractivity contribution in [3.8, 4) is 0 Å². The van der Waals surface area contributed by atoms with Crippen molar-refractivity contribution in [2.75, 3.05) is 10.7 Å². The molecular weight excluding hydrogens is 448 g/mol. The van der Waals surface area contributed by atoms with E-state index < -0.39 is 0 Å². The van der Waals surface area contributed by atoms with Gasteiger partial charge in [-0.05, 0) is 54.7 Å². The molecule has 1 heterocycles. The van der Waals surface area contributed by atoms with E-state index in [0.717, 1.165) is 30.0 Å². The van der Waals surface area contributed by atoms with E-state index in [1.807, 2.05) is 42.5 Å². The highest BCUT2D eigenvalue weighted by atomic mass is 79.9. The van der Waals surface area contributed by atoms with Crippen LogP contribution in [-0.2, 0) is 0 Å². The third kappa shape index (κ3) is 3.95. The van der Waals surface area contributed by atoms with Gasteiger partial charge in [-0.2, -0.15) is 0 Å². The first-order valence-corrected chi connectivity index (χ1v) is 9.06. The molecule has 0 atom stereocenters. The molecule has 1 aromatic heterocycles. The first kappa shape index (κ1) is 15.7. The van der Waals surface area contributed by atoms with Crippen molar-refractivity contribution in [1.29, 1.82) is 0 Å². The van der Waals surface area contributed by atoms with Crippen LogP contribution in [0, 0.1) is 0 Å². The quantitative estimate of drug-likeness (QED) is 0.375. The van der Waals surface area contributed by atoms with Crippen LogP contribution in [-0.4, -0.2) is 10.1 Å². The Labute approximate surface area is 153 Å². The molecule has 0 fully saturated rings. The zero-order valence-electron chi connectivity index (χ0n) is 11.1. The van der Waals surface area contributed by atoms with E-state index in [1.165, 1.54) is 0 Å². The van der Waals surface area contributed by atoms with Gasteiger partial charge in [-0.15, -0.1) is 0 Å². The Balaban J connectivity index is 1.61. The van der Waals surface area contributed by atoms with Crippen molar-refractivity contribution < 1.29 is 0 Å². The summed E-state index contributed by atoms with van der Waals surface area (Å²) in [5, 5.41) is 4.32. The topological polar surface area (TPSA) is 49.0 Å². The summed E-state index contributed by atoms with van der Waals surface area (Å²) in [5.74, 6) is 0. The number of hydrazine groups is 1. The highest BCUT2D eigenvalue weighted by Crippen LogP contribution is 2.27. The van der Waals surface area contributed by atoms with E-state index in [9.17, 15) is 0 Å². The fourth-order valence-corrected chi connectivity index (χ4v) is 3.56. The van der Waals surface area contributed by atoms with Gasteiger partial charge in [0.1, 0.15) is 0 Å². The molecule has 0 saturated carbocycles. The maximum absolute atomic E-state index is 5.24. The fourth-order valence-electron chi connectivity index (χ4n) is 1.76. The number of anilines is 2. The average Bonchev–Trinajstić information content (AvgIpc) is 2.89. The van der Waals surface area contributed by atoms with Crippen LogP contribution in [0.3, 0.4) is 0 Å². The molecule has 112 valence electrons. The predicted octanol–water partition coefficient (Wildman–Crippen LogP) is 5.13. The lowest BCUT2D eigenvalue weighted by Crippen LogP contribution is -2.33. The summed E-state index contributed by atoms with van der Waals surface area (Å²) in [6, 6.07) is 13.8. The van der Waals surface area contributed by atoms with Gasteiger partial charge in [0.2, 0.25) is 5.13 Å². The van der Waals surface area contributed by atoms with Crippen molar-refractivity contribution in [3.05, 3.63) is 51.4 Å². The number of benzene rings is 2. The number of halogens is 2. The molecule has 0 radical (unpaired) electrons. The lowest BCUT2D eigenvalue weighted by molar-refractivity contribution is 1.13. The molecule has 0 amide bonds. The Morgan fingerprint density at radius 3 is 2.55 bits per heavy atom. The van der Waals surface area contributed by atoms with Crippen molar-refractivity contribution in [1.82, 2.24) is 10.4 Å². The van der Waals surface area contributed by atoms with Crippen LogP contribution in [0.15, 0.2) is 51.4 Å². The Morgan fingerprint density at radius 2 is 1.77 bits per heavy atom. The van der Waals surface area contributed by atoms with Gasteiger partial charge in [-0.1, -0.05) is 43.2 Å². The first-order valence-electron chi connectivity index (χ1n) is 6.25. The van der Waals surface area contributed by atoms with Gasteiger partial charge in [-0.3, -0.25) is 10.9 Å². The van der Waals surface area contributed by atoms with E-state index in [1.54, 1.807) is 11.3 Å². The minimum Gasteiger partial charge on any atom is -0.331 e. The molecule has 3 aromatic rings. The molecule has 3 N–H and O–H groups in total. The highest BCUT2D eigenvalue weighted by Gasteiger charge is 2.04. The average molecular weight is 458 g/mol. The second kappa shape index (κ2) is 6.91. The molecule has 0 spiro atoms. The molecule has 0 aliphatic carbocycles. The summed E-state index contributed by atoms with van der Waals surface area (Å²) in [4.78, 5) is 4.47. The number of thiazole rings is 1. The molecule has 8 heteroatoms. The SMILES string of the molecule is S=C(NNc1nc2ccc(Br)cc2s1)Nc1ccc(Br)cc1. The summed E-state index contributed by atoms with van der Waals surface area (Å²) in [7, 11) is 0. The van der Waals surface area contributed by atoms with Gasteiger partial charge < -0.3 is 5.32 Å². The van der Waals surface area contributed by atoms with Gasteiger partial charge in [0.15, 0.2) is 5.11 Å². The Kier molecular flexibility index (Phi) is 4.92. The first-order chi connectivity index (χ1) is 10.6. The van der Waals surface area contributed by atoms with Gasteiger partial charge >= 0.3 is 0 Å². The monoisotopic (exact) mass is 456 g/mol. The van der Waals surface area contributed by atoms with Gasteiger partial charge in [0.05, 0.1) is 10.2 Å². The molecule has 0 unspecified atom stereocenters. The smallest absolute Gasteiger partial charge is 0.202 e. The minimum atomic E-state index is 0.475. The van der Waals surface area contributed by atoms with Gasteiger partial charge in [0, 0.05) is 14.6 Å². The summed E-state index contributed by atoms with van der Waals surface area (Å²) in [5.41, 5.74) is 7.81. The fraction of sp³-hybridized carbons (Fsp3) is 0. The van der Waals surface area contributed by atoms with Crippen molar-refractivity contribution in [2.45, 2.75) is 0 Å². The zero-order valence-corrected chi connectivity index (χ0v) is 15.9. The molecule has 0 bridgehead atoms. The lowest BCUT2D eigenvalue weighted by atomic mass is 10.3. The number of nitrogens with one attached hydrogen (secondary N) is 3. The standard InChI is InChI=1S/C14H10Br2N4S2/c15-8-1-4-10(5-2-8)17-13(21)19-20-14-18-11-6-3-9(16)7-12(11)22-14/h1-7H,(H,18,20)(H2,17,19,21). The summed E-state index contributed by atoms with van der Waals surface area (Å²) in [6.45, 7) is 0. The Bertz CT molecular complexity index is 817. The summed E-state index contributed by atoms with van der Waals surface area (Å²) in [6.07, 6.45) is 0. The largest absolute Gasteiger partial charge is 0.331 e. The summed E-state index contributed by atoms with van der Waals surface area (Å²) >= 11 is 13.6. The number of hydrogen-bond donors (Lipinski definition) is 3. The highest BCUT2D eigenvalue weighted by molar-refractivity contribution is 9.10. The van der Waals surface area contributed by atoms with Crippen LogP contribution in [0.25, 0.3) is 10.2 Å². The minimum absolute atomic E-state index is 0.475. The van der Waals surface area contributed by atoms with E-state index in [0.29, 0.717) is 5.11 Å². The molecule has 0 saturated heterocycles. The van der Waals surface area contributed by atoms with Crippen LogP contribution in [0.1, 0.15) is 0 Å². The summed E-state index contributed by atoms with van der Waals surface area (Å²) < 4.78 is 3.16. The third-order valence-electron chi connectivity index (χ3n) is 2.74. The number of nitrogens with zero attached hydrogens (tertiary/aromatic N) is 1. The van der Waals surface area contributed by atoms with Gasteiger partial charge in [0.25, 0.3) is 0 Å². The second-order valence-corrected chi connectivity index (χ2v) is 7.61. The van der Waals surface area contributed by atoms with E-state index in [-0.39, 0.29) is 0 Å². The van der Waals surface area contributed by atoms with Crippen molar-refractivity contribution >= 4 is 81.6 Å². The molecular formula is C14H10Br2N4S2. The normalized spacial score (nSPS) is 10.5. The maximum atomic E-state index is 5.24. The Morgan fingerprint density at radius 1 is 1.05 bits per heavy atom. The lowest BCUT2D eigenvalue weighted by Gasteiger charge is -2.10. The molecule has 2 aromatic carbocycles. The van der Waals surface area contributed by atoms with Gasteiger partial charge in [-0.25, -0.2) is 4.98 Å². The molecule has 3 rings (SSSR count). The van der Waals surface area contributed by atoms with Crippen LogP contribution in [0.2, 0.25) is 0 Å².